The smallest absolute Gasteiger partial charge is 0.243 e. The Kier molecular flexibility index (Phi) is 6.68. The second kappa shape index (κ2) is 8.02. The first-order valence-corrected chi connectivity index (χ1v) is 7.43. The standard InChI is InChI=1S/C16H27N3O/c1-4-12-19(6-3)13-16(15(17)20,18-5-2)14-10-8-7-9-11-14/h7-11,18H,4-6,12-13H2,1-3H3,(H2,17,20). The molecular weight excluding hydrogens is 250 g/mol. The topological polar surface area (TPSA) is 58.4 Å². The summed E-state index contributed by atoms with van der Waals surface area (Å²) in [5, 5.41) is 3.32. The van der Waals surface area contributed by atoms with E-state index in [1.165, 1.54) is 0 Å². The molecule has 0 saturated carbocycles. The van der Waals surface area contributed by atoms with Crippen molar-refractivity contribution < 1.29 is 4.79 Å². The number of primary amides is 1. The summed E-state index contributed by atoms with van der Waals surface area (Å²) in [6.07, 6.45) is 1.06. The molecule has 1 aromatic rings. The van der Waals surface area contributed by atoms with Gasteiger partial charge < -0.3 is 10.6 Å². The predicted octanol–water partition coefficient (Wildman–Crippen LogP) is 1.71. The highest BCUT2D eigenvalue weighted by Gasteiger charge is 2.38. The van der Waals surface area contributed by atoms with Crippen LogP contribution in [0.15, 0.2) is 30.3 Å². The number of nitrogens with two attached hydrogens (primary N) is 1. The van der Waals surface area contributed by atoms with E-state index in [0.29, 0.717) is 13.1 Å². The van der Waals surface area contributed by atoms with Crippen LogP contribution in [0.4, 0.5) is 0 Å². The van der Waals surface area contributed by atoms with Crippen LogP contribution in [0, 0.1) is 0 Å². The van der Waals surface area contributed by atoms with E-state index in [-0.39, 0.29) is 5.91 Å². The minimum Gasteiger partial charge on any atom is -0.368 e. The minimum atomic E-state index is -0.818. The van der Waals surface area contributed by atoms with E-state index in [9.17, 15) is 4.79 Å². The highest BCUT2D eigenvalue weighted by atomic mass is 16.1. The predicted molar refractivity (Wildman–Crippen MR) is 83.4 cm³/mol. The molecule has 0 aliphatic carbocycles. The van der Waals surface area contributed by atoms with Crippen molar-refractivity contribution in [2.24, 2.45) is 5.73 Å². The molecule has 1 amide bonds. The number of carbonyl (C=O) groups is 1. The van der Waals surface area contributed by atoms with Gasteiger partial charge in [0, 0.05) is 6.54 Å². The summed E-state index contributed by atoms with van der Waals surface area (Å²) in [5.41, 5.74) is 5.88. The number of nitrogens with zero attached hydrogens (tertiary/aromatic N) is 1. The summed E-state index contributed by atoms with van der Waals surface area (Å²) in [6.45, 7) is 9.41. The van der Waals surface area contributed by atoms with E-state index < -0.39 is 5.54 Å². The first-order chi connectivity index (χ1) is 9.60. The van der Waals surface area contributed by atoms with Crippen LogP contribution in [0.3, 0.4) is 0 Å². The molecule has 1 aromatic carbocycles. The van der Waals surface area contributed by atoms with E-state index in [4.69, 9.17) is 5.73 Å². The summed E-state index contributed by atoms with van der Waals surface area (Å²) >= 11 is 0. The number of nitrogens with one attached hydrogen (secondary N) is 1. The number of amides is 1. The molecule has 0 fully saturated rings. The first kappa shape index (κ1) is 16.7. The van der Waals surface area contributed by atoms with E-state index in [1.54, 1.807) is 0 Å². The number of benzene rings is 1. The molecule has 4 nitrogen and oxygen atoms in total. The van der Waals surface area contributed by atoms with Gasteiger partial charge in [-0.3, -0.25) is 10.1 Å². The molecule has 1 rings (SSSR count). The van der Waals surface area contributed by atoms with Gasteiger partial charge in [-0.15, -0.1) is 0 Å². The van der Waals surface area contributed by atoms with E-state index in [1.807, 2.05) is 37.3 Å². The van der Waals surface area contributed by atoms with Gasteiger partial charge >= 0.3 is 0 Å². The summed E-state index contributed by atoms with van der Waals surface area (Å²) in [5.74, 6) is -0.319. The molecule has 3 N–H and O–H groups in total. The number of hydrogen-bond donors (Lipinski definition) is 2. The SMILES string of the molecule is CCCN(CC)CC(NCC)(C(N)=O)c1ccccc1. The average Bonchev–Trinajstić information content (AvgIpc) is 2.46. The molecular formula is C16H27N3O. The van der Waals surface area contributed by atoms with Gasteiger partial charge in [-0.2, -0.15) is 0 Å². The Morgan fingerprint density at radius 2 is 1.90 bits per heavy atom. The number of carbonyl (C=O) groups excluding carboxylic acids is 1. The van der Waals surface area contributed by atoms with Gasteiger partial charge in [0.05, 0.1) is 0 Å². The van der Waals surface area contributed by atoms with E-state index >= 15 is 0 Å². The van der Waals surface area contributed by atoms with Crippen LogP contribution in [-0.2, 0) is 10.3 Å². The third-order valence-electron chi connectivity index (χ3n) is 3.61. The summed E-state index contributed by atoms with van der Waals surface area (Å²) in [4.78, 5) is 14.5. The maximum absolute atomic E-state index is 12.2. The molecule has 20 heavy (non-hydrogen) atoms. The molecule has 0 aliphatic heterocycles. The zero-order chi connectivity index (χ0) is 15.0. The van der Waals surface area contributed by atoms with Crippen molar-refractivity contribution in [1.29, 1.82) is 0 Å². The molecule has 4 heteroatoms. The van der Waals surface area contributed by atoms with Crippen LogP contribution < -0.4 is 11.1 Å². The molecule has 1 atom stereocenters. The van der Waals surface area contributed by atoms with Crippen molar-refractivity contribution >= 4 is 5.91 Å². The largest absolute Gasteiger partial charge is 0.368 e. The molecule has 0 aliphatic rings. The van der Waals surface area contributed by atoms with Crippen LogP contribution in [0.25, 0.3) is 0 Å². The Morgan fingerprint density at radius 3 is 2.35 bits per heavy atom. The third-order valence-corrected chi connectivity index (χ3v) is 3.61. The lowest BCUT2D eigenvalue weighted by atomic mass is 9.88. The number of likely N-dealkylation sites (N-methyl/N-ethyl adjacent to an activating group) is 2. The molecule has 0 aromatic heterocycles. The normalized spacial score (nSPS) is 14.2. The monoisotopic (exact) mass is 277 g/mol. The Morgan fingerprint density at radius 1 is 1.25 bits per heavy atom. The van der Waals surface area contributed by atoms with Crippen molar-refractivity contribution in [2.45, 2.75) is 32.7 Å². The molecule has 0 saturated heterocycles. The number of rotatable bonds is 9. The van der Waals surface area contributed by atoms with Crippen molar-refractivity contribution in [2.75, 3.05) is 26.2 Å². The van der Waals surface area contributed by atoms with Crippen molar-refractivity contribution in [3.05, 3.63) is 35.9 Å². The van der Waals surface area contributed by atoms with Gasteiger partial charge in [0.15, 0.2) is 0 Å². The van der Waals surface area contributed by atoms with Gasteiger partial charge in [-0.1, -0.05) is 51.1 Å². The summed E-state index contributed by atoms with van der Waals surface area (Å²) in [7, 11) is 0. The van der Waals surface area contributed by atoms with Crippen molar-refractivity contribution in [1.82, 2.24) is 10.2 Å². The van der Waals surface area contributed by atoms with E-state index in [0.717, 1.165) is 25.1 Å². The van der Waals surface area contributed by atoms with Crippen molar-refractivity contribution in [3.63, 3.8) is 0 Å². The van der Waals surface area contributed by atoms with E-state index in [2.05, 4.69) is 24.1 Å². The quantitative estimate of drug-likeness (QED) is 0.722. The Labute approximate surface area is 122 Å². The maximum Gasteiger partial charge on any atom is 0.243 e. The molecule has 0 bridgehead atoms. The fourth-order valence-electron chi connectivity index (χ4n) is 2.58. The van der Waals surface area contributed by atoms with Gasteiger partial charge in [-0.25, -0.2) is 0 Å². The maximum atomic E-state index is 12.2. The van der Waals surface area contributed by atoms with Gasteiger partial charge in [0.2, 0.25) is 5.91 Å². The molecule has 0 radical (unpaired) electrons. The second-order valence-electron chi connectivity index (χ2n) is 5.03. The second-order valence-corrected chi connectivity index (χ2v) is 5.03. The van der Waals surface area contributed by atoms with Crippen LogP contribution in [0.1, 0.15) is 32.8 Å². The Balaban J connectivity index is 3.14. The molecule has 112 valence electrons. The van der Waals surface area contributed by atoms with Crippen LogP contribution in [0.5, 0.6) is 0 Å². The van der Waals surface area contributed by atoms with Gasteiger partial charge in [0.1, 0.15) is 5.54 Å². The Bertz CT molecular complexity index is 407. The molecule has 1 unspecified atom stereocenters. The number of hydrogen-bond acceptors (Lipinski definition) is 3. The highest BCUT2D eigenvalue weighted by molar-refractivity contribution is 5.86. The van der Waals surface area contributed by atoms with Crippen LogP contribution in [-0.4, -0.2) is 37.0 Å². The zero-order valence-corrected chi connectivity index (χ0v) is 12.9. The summed E-state index contributed by atoms with van der Waals surface area (Å²) < 4.78 is 0. The lowest BCUT2D eigenvalue weighted by Crippen LogP contribution is -2.59. The lowest BCUT2D eigenvalue weighted by molar-refractivity contribution is -0.125. The average molecular weight is 277 g/mol. The fourth-order valence-corrected chi connectivity index (χ4v) is 2.58. The molecule has 0 heterocycles. The van der Waals surface area contributed by atoms with Gasteiger partial charge in [-0.05, 0) is 31.6 Å². The highest BCUT2D eigenvalue weighted by Crippen LogP contribution is 2.22. The molecule has 0 spiro atoms. The zero-order valence-electron chi connectivity index (χ0n) is 12.9. The third kappa shape index (κ3) is 3.81. The minimum absolute atomic E-state index is 0.319. The van der Waals surface area contributed by atoms with Crippen LogP contribution >= 0.6 is 0 Å². The lowest BCUT2D eigenvalue weighted by Gasteiger charge is -2.36. The van der Waals surface area contributed by atoms with Crippen molar-refractivity contribution in [3.8, 4) is 0 Å². The first-order valence-electron chi connectivity index (χ1n) is 7.43. The fraction of sp³-hybridized carbons (Fsp3) is 0.562. The summed E-state index contributed by atoms with van der Waals surface area (Å²) in [6, 6.07) is 9.77. The van der Waals surface area contributed by atoms with Crippen LogP contribution in [0.2, 0.25) is 0 Å². The Hall–Kier alpha value is -1.39. The van der Waals surface area contributed by atoms with Gasteiger partial charge in [0.25, 0.3) is 0 Å².